The van der Waals surface area contributed by atoms with Crippen molar-refractivity contribution in [2.45, 2.75) is 0 Å². The summed E-state index contributed by atoms with van der Waals surface area (Å²) in [5.41, 5.74) is 12.6. The van der Waals surface area contributed by atoms with Crippen LogP contribution in [0.4, 0.5) is 0 Å². The Morgan fingerprint density at radius 2 is 0.731 bits per heavy atom. The molecule has 0 amide bonds. The van der Waals surface area contributed by atoms with Crippen LogP contribution in [0.25, 0.3) is 89.6 Å². The van der Waals surface area contributed by atoms with Gasteiger partial charge in [-0.05, 0) is 75.3 Å². The number of aromatic nitrogens is 4. The molecular formula is C48H32N4. The quantitative estimate of drug-likeness (QED) is 0.170. The van der Waals surface area contributed by atoms with E-state index in [0.29, 0.717) is 17.5 Å². The van der Waals surface area contributed by atoms with Gasteiger partial charge in [0.25, 0.3) is 0 Å². The maximum atomic E-state index is 5.10. The van der Waals surface area contributed by atoms with E-state index in [-0.39, 0.29) is 0 Å². The molecule has 0 N–H and O–H groups in total. The highest BCUT2D eigenvalue weighted by Crippen LogP contribution is 2.39. The Morgan fingerprint density at radius 1 is 0.269 bits per heavy atom. The van der Waals surface area contributed by atoms with E-state index in [1.807, 2.05) is 79.0 Å². The van der Waals surface area contributed by atoms with Crippen molar-refractivity contribution in [2.75, 3.05) is 0 Å². The second-order valence-corrected chi connectivity index (χ2v) is 12.7. The topological polar surface area (TPSA) is 51.6 Å². The van der Waals surface area contributed by atoms with Crippen molar-refractivity contribution in [2.24, 2.45) is 0 Å². The van der Waals surface area contributed by atoms with Gasteiger partial charge in [0.1, 0.15) is 0 Å². The molecule has 0 saturated heterocycles. The summed E-state index contributed by atoms with van der Waals surface area (Å²) >= 11 is 0. The van der Waals surface area contributed by atoms with E-state index in [4.69, 9.17) is 19.9 Å². The summed E-state index contributed by atoms with van der Waals surface area (Å²) in [6, 6.07) is 65.2. The molecule has 0 radical (unpaired) electrons. The van der Waals surface area contributed by atoms with E-state index in [0.717, 1.165) is 55.4 Å². The molecule has 0 aliphatic heterocycles. The Morgan fingerprint density at radius 3 is 1.33 bits per heavy atom. The minimum Gasteiger partial charge on any atom is -0.256 e. The maximum Gasteiger partial charge on any atom is 0.164 e. The first-order chi connectivity index (χ1) is 25.7. The zero-order valence-electron chi connectivity index (χ0n) is 28.3. The molecule has 4 nitrogen and oxygen atoms in total. The zero-order valence-corrected chi connectivity index (χ0v) is 28.3. The van der Waals surface area contributed by atoms with E-state index in [9.17, 15) is 0 Å². The lowest BCUT2D eigenvalue weighted by Crippen LogP contribution is -2.00. The minimum atomic E-state index is 0.605. The van der Waals surface area contributed by atoms with Gasteiger partial charge in [-0.15, -0.1) is 0 Å². The Kier molecular flexibility index (Phi) is 8.16. The van der Waals surface area contributed by atoms with Crippen LogP contribution in [-0.2, 0) is 0 Å². The number of rotatable bonds is 7. The number of benzene rings is 7. The van der Waals surface area contributed by atoms with Crippen LogP contribution in [0.2, 0.25) is 0 Å². The predicted molar refractivity (Wildman–Crippen MR) is 213 cm³/mol. The molecule has 7 aromatic carbocycles. The average molecular weight is 665 g/mol. The summed E-state index contributed by atoms with van der Waals surface area (Å²) in [5, 5.41) is 1.09. The second kappa shape index (κ2) is 13.7. The standard InChI is InChI=1S/C48H32N4/c1-5-15-33(16-6-1)43-26-25-37(31-44(43)34-17-7-2-8-18-34)39-28-40(42-27-38-23-13-14-24-45(38)49-32-42)30-41(29-39)48-51-46(35-19-9-3-10-20-35)50-47(52-48)36-21-11-4-12-22-36/h1-32H. The first-order valence-electron chi connectivity index (χ1n) is 17.4. The molecule has 0 saturated carbocycles. The summed E-state index contributed by atoms with van der Waals surface area (Å²) in [5.74, 6) is 1.86. The van der Waals surface area contributed by atoms with Crippen LogP contribution < -0.4 is 0 Å². The van der Waals surface area contributed by atoms with Gasteiger partial charge in [0.05, 0.1) is 5.52 Å². The summed E-state index contributed by atoms with van der Waals surface area (Å²) in [4.78, 5) is 20.0. The number of pyridine rings is 1. The molecule has 0 fully saturated rings. The lowest BCUT2D eigenvalue weighted by molar-refractivity contribution is 1.07. The van der Waals surface area contributed by atoms with Crippen molar-refractivity contribution in [3.8, 4) is 78.7 Å². The Labute approximate surface area is 302 Å². The first-order valence-corrected chi connectivity index (χ1v) is 17.4. The zero-order chi connectivity index (χ0) is 34.7. The third-order valence-corrected chi connectivity index (χ3v) is 9.34. The second-order valence-electron chi connectivity index (χ2n) is 12.7. The maximum absolute atomic E-state index is 5.10. The van der Waals surface area contributed by atoms with Crippen LogP contribution in [0, 0.1) is 0 Å². The van der Waals surface area contributed by atoms with Crippen LogP contribution in [0.15, 0.2) is 194 Å². The van der Waals surface area contributed by atoms with Crippen molar-refractivity contribution in [1.82, 2.24) is 19.9 Å². The molecule has 2 aromatic heterocycles. The fourth-order valence-corrected chi connectivity index (χ4v) is 6.71. The van der Waals surface area contributed by atoms with E-state index in [2.05, 4.69) is 115 Å². The van der Waals surface area contributed by atoms with Gasteiger partial charge in [-0.25, -0.2) is 15.0 Å². The van der Waals surface area contributed by atoms with Gasteiger partial charge >= 0.3 is 0 Å². The summed E-state index contributed by atoms with van der Waals surface area (Å²) < 4.78 is 0. The fraction of sp³-hybridized carbons (Fsp3) is 0. The molecule has 9 aromatic rings. The van der Waals surface area contributed by atoms with Gasteiger partial charge in [0.2, 0.25) is 0 Å². The predicted octanol–water partition coefficient (Wildman–Crippen LogP) is 12.1. The average Bonchev–Trinajstić information content (AvgIpc) is 3.24. The molecule has 4 heteroatoms. The van der Waals surface area contributed by atoms with Gasteiger partial charge in [0.15, 0.2) is 17.5 Å². The van der Waals surface area contributed by atoms with Crippen molar-refractivity contribution in [1.29, 1.82) is 0 Å². The summed E-state index contributed by atoms with van der Waals surface area (Å²) in [7, 11) is 0. The SMILES string of the molecule is c1ccc(-c2nc(-c3ccccc3)nc(-c3cc(-c4ccc(-c5ccccc5)c(-c5ccccc5)c4)cc(-c4cnc5ccccc5c4)c3)n2)cc1. The molecule has 0 aliphatic rings. The number of nitrogens with zero attached hydrogens (tertiary/aromatic N) is 4. The van der Waals surface area contributed by atoms with Gasteiger partial charge in [0, 0.05) is 33.8 Å². The number of para-hydroxylation sites is 1. The molecular weight excluding hydrogens is 633 g/mol. The molecule has 52 heavy (non-hydrogen) atoms. The smallest absolute Gasteiger partial charge is 0.164 e. The molecule has 2 heterocycles. The van der Waals surface area contributed by atoms with Crippen molar-refractivity contribution >= 4 is 10.9 Å². The molecule has 0 unspecified atom stereocenters. The number of hydrogen-bond donors (Lipinski definition) is 0. The fourth-order valence-electron chi connectivity index (χ4n) is 6.71. The Balaban J connectivity index is 1.27. The first kappa shape index (κ1) is 31.0. The molecule has 0 aliphatic carbocycles. The largest absolute Gasteiger partial charge is 0.256 e. The molecule has 244 valence electrons. The Bertz CT molecular complexity index is 2600. The molecule has 9 rings (SSSR count). The number of hydrogen-bond acceptors (Lipinski definition) is 4. The third kappa shape index (κ3) is 6.26. The minimum absolute atomic E-state index is 0.605. The monoisotopic (exact) mass is 664 g/mol. The van der Waals surface area contributed by atoms with E-state index < -0.39 is 0 Å². The van der Waals surface area contributed by atoms with Gasteiger partial charge < -0.3 is 0 Å². The van der Waals surface area contributed by atoms with Crippen molar-refractivity contribution in [3.05, 3.63) is 194 Å². The van der Waals surface area contributed by atoms with Crippen molar-refractivity contribution in [3.63, 3.8) is 0 Å². The van der Waals surface area contributed by atoms with E-state index >= 15 is 0 Å². The van der Waals surface area contributed by atoms with E-state index in [1.165, 1.54) is 16.7 Å². The van der Waals surface area contributed by atoms with Crippen LogP contribution in [-0.4, -0.2) is 19.9 Å². The highest BCUT2D eigenvalue weighted by atomic mass is 15.0. The van der Waals surface area contributed by atoms with Crippen molar-refractivity contribution < 1.29 is 0 Å². The van der Waals surface area contributed by atoms with Crippen LogP contribution >= 0.6 is 0 Å². The number of fused-ring (bicyclic) bond motifs is 1. The van der Waals surface area contributed by atoms with Gasteiger partial charge in [-0.3, -0.25) is 4.98 Å². The molecule has 0 bridgehead atoms. The summed E-state index contributed by atoms with van der Waals surface area (Å²) in [6.45, 7) is 0. The van der Waals surface area contributed by atoms with Crippen LogP contribution in [0.3, 0.4) is 0 Å². The summed E-state index contributed by atoms with van der Waals surface area (Å²) in [6.07, 6.45) is 1.96. The highest BCUT2D eigenvalue weighted by Gasteiger charge is 2.16. The molecule has 0 atom stereocenters. The van der Waals surface area contributed by atoms with Gasteiger partial charge in [-0.1, -0.05) is 152 Å². The third-order valence-electron chi connectivity index (χ3n) is 9.34. The van der Waals surface area contributed by atoms with E-state index in [1.54, 1.807) is 0 Å². The Hall–Kier alpha value is -7.04. The van der Waals surface area contributed by atoms with Crippen LogP contribution in [0.5, 0.6) is 0 Å². The normalized spacial score (nSPS) is 11.1. The van der Waals surface area contributed by atoms with Crippen LogP contribution in [0.1, 0.15) is 0 Å². The van der Waals surface area contributed by atoms with Gasteiger partial charge in [-0.2, -0.15) is 0 Å². The molecule has 0 spiro atoms. The lowest BCUT2D eigenvalue weighted by Gasteiger charge is -2.15. The highest BCUT2D eigenvalue weighted by molar-refractivity contribution is 5.90. The lowest BCUT2D eigenvalue weighted by atomic mass is 9.89.